The molecular formula is C9H8O6. The van der Waals surface area contributed by atoms with E-state index in [2.05, 4.69) is 0 Å². The number of rotatable bonds is 2. The van der Waals surface area contributed by atoms with Crippen molar-refractivity contribution in [2.75, 3.05) is 0 Å². The minimum absolute atomic E-state index is 0.181. The number of aromatic carboxylic acids is 2. The van der Waals surface area contributed by atoms with Gasteiger partial charge < -0.3 is 20.4 Å². The van der Waals surface area contributed by atoms with Crippen molar-refractivity contribution in [1.82, 2.24) is 0 Å². The van der Waals surface area contributed by atoms with Gasteiger partial charge in [-0.05, 0) is 13.0 Å². The third-order valence-electron chi connectivity index (χ3n) is 1.97. The molecule has 0 saturated heterocycles. The van der Waals surface area contributed by atoms with Gasteiger partial charge in [-0.1, -0.05) is 0 Å². The number of aromatic hydroxyl groups is 2. The highest BCUT2D eigenvalue weighted by Gasteiger charge is 2.22. The molecule has 0 aliphatic rings. The molecule has 1 aromatic rings. The van der Waals surface area contributed by atoms with Gasteiger partial charge in [0.05, 0.1) is 0 Å². The highest BCUT2D eigenvalue weighted by Crippen LogP contribution is 2.32. The molecule has 0 aliphatic heterocycles. The molecule has 80 valence electrons. The molecule has 4 N–H and O–H groups in total. The summed E-state index contributed by atoms with van der Waals surface area (Å²) in [5.41, 5.74) is -1.22. The first-order chi connectivity index (χ1) is 6.86. The van der Waals surface area contributed by atoms with Crippen molar-refractivity contribution in [3.8, 4) is 11.5 Å². The van der Waals surface area contributed by atoms with Gasteiger partial charge in [-0.25, -0.2) is 9.59 Å². The Hall–Kier alpha value is -2.24. The van der Waals surface area contributed by atoms with E-state index in [0.717, 1.165) is 0 Å². The van der Waals surface area contributed by atoms with Crippen molar-refractivity contribution in [3.63, 3.8) is 0 Å². The molecule has 0 spiro atoms. The predicted molar refractivity (Wildman–Crippen MR) is 48.4 cm³/mol. The van der Waals surface area contributed by atoms with Crippen molar-refractivity contribution in [3.05, 3.63) is 22.8 Å². The van der Waals surface area contributed by atoms with Crippen LogP contribution in [-0.2, 0) is 0 Å². The van der Waals surface area contributed by atoms with E-state index >= 15 is 0 Å². The Kier molecular flexibility index (Phi) is 2.52. The maximum atomic E-state index is 10.7. The summed E-state index contributed by atoms with van der Waals surface area (Å²) in [6.07, 6.45) is 0. The first-order valence-corrected chi connectivity index (χ1v) is 3.88. The van der Waals surface area contributed by atoms with Crippen LogP contribution >= 0.6 is 0 Å². The molecule has 0 amide bonds. The van der Waals surface area contributed by atoms with E-state index in [9.17, 15) is 19.8 Å². The van der Waals surface area contributed by atoms with Gasteiger partial charge in [-0.2, -0.15) is 0 Å². The molecule has 15 heavy (non-hydrogen) atoms. The third-order valence-corrected chi connectivity index (χ3v) is 1.97. The van der Waals surface area contributed by atoms with E-state index in [1.54, 1.807) is 0 Å². The molecule has 0 saturated carbocycles. The standard InChI is InChI=1S/C9H8O6/c1-3-6(9(14)15)5(10)2-4(7(3)11)8(12)13/h2,10-11H,1H3,(H,12,13)(H,14,15). The Morgan fingerprint density at radius 1 is 1.13 bits per heavy atom. The summed E-state index contributed by atoms with van der Waals surface area (Å²) in [6, 6.07) is 0.702. The maximum Gasteiger partial charge on any atom is 0.339 e. The van der Waals surface area contributed by atoms with Crippen molar-refractivity contribution in [2.24, 2.45) is 0 Å². The maximum absolute atomic E-state index is 10.7. The Balaban J connectivity index is 3.58. The average molecular weight is 212 g/mol. The van der Waals surface area contributed by atoms with Gasteiger partial charge in [-0.3, -0.25) is 0 Å². The fraction of sp³-hybridized carbons (Fsp3) is 0.111. The lowest BCUT2D eigenvalue weighted by atomic mass is 10.0. The zero-order chi connectivity index (χ0) is 11.7. The normalized spacial score (nSPS) is 9.93. The smallest absolute Gasteiger partial charge is 0.339 e. The fourth-order valence-electron chi connectivity index (χ4n) is 1.22. The SMILES string of the molecule is Cc1c(O)c(C(=O)O)cc(O)c1C(=O)O. The van der Waals surface area contributed by atoms with Crippen molar-refractivity contribution < 1.29 is 30.0 Å². The van der Waals surface area contributed by atoms with Crippen LogP contribution in [0.3, 0.4) is 0 Å². The highest BCUT2D eigenvalue weighted by atomic mass is 16.4. The van der Waals surface area contributed by atoms with Crippen LogP contribution in [0.15, 0.2) is 6.07 Å². The molecule has 6 heteroatoms. The van der Waals surface area contributed by atoms with E-state index < -0.39 is 34.6 Å². The summed E-state index contributed by atoms with van der Waals surface area (Å²) in [7, 11) is 0. The van der Waals surface area contributed by atoms with Crippen LogP contribution in [0, 0.1) is 6.92 Å². The Bertz CT molecular complexity index is 448. The lowest BCUT2D eigenvalue weighted by Gasteiger charge is -2.08. The highest BCUT2D eigenvalue weighted by molar-refractivity contribution is 5.98. The molecule has 0 aliphatic carbocycles. The van der Waals surface area contributed by atoms with Crippen LogP contribution < -0.4 is 0 Å². The quantitative estimate of drug-likeness (QED) is 0.539. The van der Waals surface area contributed by atoms with Crippen LogP contribution in [0.2, 0.25) is 0 Å². The molecule has 0 bridgehead atoms. The number of hydrogen-bond donors (Lipinski definition) is 4. The van der Waals surface area contributed by atoms with Gasteiger partial charge in [0, 0.05) is 5.56 Å². The number of carboxylic acids is 2. The van der Waals surface area contributed by atoms with Crippen LogP contribution in [0.1, 0.15) is 26.3 Å². The second-order valence-corrected chi connectivity index (χ2v) is 2.90. The van der Waals surface area contributed by atoms with E-state index in [-0.39, 0.29) is 5.56 Å². The van der Waals surface area contributed by atoms with E-state index in [1.807, 2.05) is 0 Å². The molecule has 1 aromatic carbocycles. The first-order valence-electron chi connectivity index (χ1n) is 3.88. The molecule has 0 radical (unpaired) electrons. The van der Waals surface area contributed by atoms with Gasteiger partial charge >= 0.3 is 11.9 Å². The van der Waals surface area contributed by atoms with Gasteiger partial charge in [-0.15, -0.1) is 0 Å². The minimum atomic E-state index is -1.44. The van der Waals surface area contributed by atoms with E-state index in [0.29, 0.717) is 6.07 Å². The van der Waals surface area contributed by atoms with Gasteiger partial charge in [0.1, 0.15) is 22.6 Å². The fourth-order valence-corrected chi connectivity index (χ4v) is 1.22. The van der Waals surface area contributed by atoms with Crippen LogP contribution in [0.4, 0.5) is 0 Å². The summed E-state index contributed by atoms with van der Waals surface area (Å²) in [5, 5.41) is 35.9. The molecular weight excluding hydrogens is 204 g/mol. The number of phenols is 2. The second-order valence-electron chi connectivity index (χ2n) is 2.90. The van der Waals surface area contributed by atoms with Crippen LogP contribution in [0.5, 0.6) is 11.5 Å². The average Bonchev–Trinajstić information content (AvgIpc) is 2.10. The van der Waals surface area contributed by atoms with Gasteiger partial charge in [0.25, 0.3) is 0 Å². The number of carbonyl (C=O) groups is 2. The number of carboxylic acid groups (broad SMARTS) is 2. The van der Waals surface area contributed by atoms with Gasteiger partial charge in [0.15, 0.2) is 0 Å². The number of benzene rings is 1. The Morgan fingerprint density at radius 2 is 1.67 bits per heavy atom. The summed E-state index contributed by atoms with van der Waals surface area (Å²) in [6.45, 7) is 1.21. The van der Waals surface area contributed by atoms with Crippen molar-refractivity contribution >= 4 is 11.9 Å². The monoisotopic (exact) mass is 212 g/mol. The van der Waals surface area contributed by atoms with Crippen LogP contribution in [0.25, 0.3) is 0 Å². The molecule has 0 fully saturated rings. The second kappa shape index (κ2) is 3.49. The van der Waals surface area contributed by atoms with E-state index in [4.69, 9.17) is 10.2 Å². The van der Waals surface area contributed by atoms with Crippen molar-refractivity contribution in [2.45, 2.75) is 6.92 Å². The molecule has 6 nitrogen and oxygen atoms in total. The molecule has 0 heterocycles. The van der Waals surface area contributed by atoms with E-state index in [1.165, 1.54) is 6.92 Å². The molecule has 0 unspecified atom stereocenters. The first kappa shape index (κ1) is 10.8. The summed E-state index contributed by atoms with van der Waals surface area (Å²) in [4.78, 5) is 21.2. The van der Waals surface area contributed by atoms with Gasteiger partial charge in [0.2, 0.25) is 0 Å². The van der Waals surface area contributed by atoms with Crippen LogP contribution in [-0.4, -0.2) is 32.4 Å². The lowest BCUT2D eigenvalue weighted by molar-refractivity contribution is 0.0674. The Labute approximate surface area is 84.0 Å². The predicted octanol–water partition coefficient (Wildman–Crippen LogP) is 0.803. The summed E-state index contributed by atoms with van der Waals surface area (Å²) < 4.78 is 0. The number of hydrogen-bond acceptors (Lipinski definition) is 4. The summed E-state index contributed by atoms with van der Waals surface area (Å²) in [5.74, 6) is -4.21. The Morgan fingerprint density at radius 3 is 2.07 bits per heavy atom. The zero-order valence-electron chi connectivity index (χ0n) is 7.68. The summed E-state index contributed by atoms with van der Waals surface area (Å²) >= 11 is 0. The zero-order valence-corrected chi connectivity index (χ0v) is 7.68. The molecule has 0 atom stereocenters. The molecule has 0 aromatic heterocycles. The minimum Gasteiger partial charge on any atom is -0.507 e. The largest absolute Gasteiger partial charge is 0.507 e. The molecule has 1 rings (SSSR count). The lowest BCUT2D eigenvalue weighted by Crippen LogP contribution is -2.05. The third kappa shape index (κ3) is 1.69. The topological polar surface area (TPSA) is 115 Å². The van der Waals surface area contributed by atoms with Crippen molar-refractivity contribution in [1.29, 1.82) is 0 Å².